The van der Waals surface area contributed by atoms with E-state index in [1.165, 1.54) is 35.3 Å². The molecule has 7 nitrogen and oxygen atoms in total. The molecule has 0 bridgehead atoms. The Morgan fingerprint density at radius 3 is 2.81 bits per heavy atom. The Labute approximate surface area is 157 Å². The van der Waals surface area contributed by atoms with Gasteiger partial charge in [-0.05, 0) is 30.7 Å². The molecule has 0 aliphatic heterocycles. The number of amides is 1. The second-order valence-corrected chi connectivity index (χ2v) is 7.46. The minimum Gasteiger partial charge on any atom is -0.493 e. The summed E-state index contributed by atoms with van der Waals surface area (Å²) in [5.74, 6) is 0.444. The van der Waals surface area contributed by atoms with E-state index in [0.717, 1.165) is 16.5 Å². The Hall–Kier alpha value is -2.46. The number of anilines is 1. The maximum absolute atomic E-state index is 13.1. The largest absolute Gasteiger partial charge is 0.493 e. The van der Waals surface area contributed by atoms with Crippen LogP contribution in [0.15, 0.2) is 34.8 Å². The second kappa shape index (κ2) is 8.28. The molecule has 3 aromatic rings. The van der Waals surface area contributed by atoms with E-state index in [9.17, 15) is 9.18 Å². The highest BCUT2D eigenvalue weighted by molar-refractivity contribution is 8.01. The van der Waals surface area contributed by atoms with Crippen molar-refractivity contribution < 1.29 is 13.9 Å². The summed E-state index contributed by atoms with van der Waals surface area (Å²) >= 11 is 2.90. The topological polar surface area (TPSA) is 81.9 Å². The van der Waals surface area contributed by atoms with Crippen LogP contribution in [-0.2, 0) is 0 Å². The smallest absolute Gasteiger partial charge is 0.281 e. The first-order valence-electron chi connectivity index (χ1n) is 7.78. The van der Waals surface area contributed by atoms with Crippen LogP contribution in [0.3, 0.4) is 0 Å². The van der Waals surface area contributed by atoms with E-state index in [0.29, 0.717) is 16.6 Å². The molecule has 1 aromatic carbocycles. The van der Waals surface area contributed by atoms with Crippen molar-refractivity contribution in [2.45, 2.75) is 17.7 Å². The van der Waals surface area contributed by atoms with E-state index in [2.05, 4.69) is 27.5 Å². The summed E-state index contributed by atoms with van der Waals surface area (Å²) < 4.78 is 20.6. The summed E-state index contributed by atoms with van der Waals surface area (Å²) in [6, 6.07) is 5.76. The van der Waals surface area contributed by atoms with E-state index in [4.69, 9.17) is 4.74 Å². The molecule has 2 heterocycles. The number of halogens is 1. The number of carbonyl (C=O) groups excluding carboxylic acids is 1. The first kappa shape index (κ1) is 18.3. The lowest BCUT2D eigenvalue weighted by atomic mass is 10.3. The van der Waals surface area contributed by atoms with Gasteiger partial charge in [0.05, 0.1) is 19.0 Å². The van der Waals surface area contributed by atoms with Crippen LogP contribution in [0.4, 0.5) is 9.52 Å². The molecule has 0 unspecified atom stereocenters. The molecule has 0 aliphatic rings. The monoisotopic (exact) mass is 393 g/mol. The van der Waals surface area contributed by atoms with E-state index in [1.54, 1.807) is 30.1 Å². The first-order chi connectivity index (χ1) is 12.6. The number of hydrogen-bond acceptors (Lipinski definition) is 7. The number of thioether (sulfide) groups is 1. The van der Waals surface area contributed by atoms with Crippen LogP contribution >= 0.6 is 23.1 Å². The molecule has 3 rings (SSSR count). The summed E-state index contributed by atoms with van der Waals surface area (Å²) in [6.45, 7) is 2.08. The molecule has 0 aliphatic carbocycles. The molecule has 0 saturated heterocycles. The van der Waals surface area contributed by atoms with Crippen molar-refractivity contribution in [2.24, 2.45) is 0 Å². The molecule has 0 saturated carbocycles. The molecular weight excluding hydrogens is 377 g/mol. The van der Waals surface area contributed by atoms with Gasteiger partial charge in [-0.15, -0.1) is 10.2 Å². The number of aromatic nitrogens is 4. The zero-order valence-corrected chi connectivity index (χ0v) is 15.7. The number of nitrogens with zero attached hydrogens (tertiary/aromatic N) is 4. The number of ether oxygens (including phenoxy) is 1. The molecular formula is C16H16FN5O2S2. The van der Waals surface area contributed by atoms with Crippen LogP contribution in [0.1, 0.15) is 23.8 Å². The zero-order valence-electron chi connectivity index (χ0n) is 14.1. The summed E-state index contributed by atoms with van der Waals surface area (Å²) in [6.07, 6.45) is 2.59. The van der Waals surface area contributed by atoms with Crippen LogP contribution in [0.2, 0.25) is 0 Å². The predicted molar refractivity (Wildman–Crippen MR) is 99.0 cm³/mol. The summed E-state index contributed by atoms with van der Waals surface area (Å²) in [5, 5.41) is 15.3. The Bertz CT molecular complexity index is 894. The lowest BCUT2D eigenvalue weighted by molar-refractivity contribution is 0.101. The second-order valence-electron chi connectivity index (χ2n) is 5.14. The van der Waals surface area contributed by atoms with Crippen LogP contribution in [0.5, 0.6) is 5.75 Å². The summed E-state index contributed by atoms with van der Waals surface area (Å²) in [7, 11) is 1.45. The molecule has 0 fully saturated rings. The van der Waals surface area contributed by atoms with Crippen molar-refractivity contribution in [1.82, 2.24) is 20.0 Å². The van der Waals surface area contributed by atoms with E-state index < -0.39 is 5.91 Å². The quantitative estimate of drug-likeness (QED) is 0.488. The maximum Gasteiger partial charge on any atom is 0.281 e. The third-order valence-corrected chi connectivity index (χ3v) is 5.44. The lowest BCUT2D eigenvalue weighted by Gasteiger charge is -2.00. The van der Waals surface area contributed by atoms with Gasteiger partial charge in [0.25, 0.3) is 5.91 Å². The van der Waals surface area contributed by atoms with E-state index in [-0.39, 0.29) is 11.5 Å². The Balaban J connectivity index is 1.78. The minimum absolute atomic E-state index is 0.106. The van der Waals surface area contributed by atoms with Crippen molar-refractivity contribution in [1.29, 1.82) is 0 Å². The molecule has 26 heavy (non-hydrogen) atoms. The van der Waals surface area contributed by atoms with E-state index in [1.807, 2.05) is 0 Å². The number of carbonyl (C=O) groups is 1. The average Bonchev–Trinajstić information content (AvgIpc) is 3.27. The SMILES string of the molecule is CCCSc1nnc(NC(=O)c2nn(-c3ccc(F)cc3)cc2OC)s1. The Morgan fingerprint density at radius 2 is 2.12 bits per heavy atom. The molecule has 136 valence electrons. The van der Waals surface area contributed by atoms with Gasteiger partial charge in [0.2, 0.25) is 5.13 Å². The number of rotatable bonds is 7. The highest BCUT2D eigenvalue weighted by Gasteiger charge is 2.20. The van der Waals surface area contributed by atoms with Gasteiger partial charge in [-0.3, -0.25) is 10.1 Å². The van der Waals surface area contributed by atoms with Crippen molar-refractivity contribution in [2.75, 3.05) is 18.2 Å². The van der Waals surface area contributed by atoms with Gasteiger partial charge >= 0.3 is 0 Å². The standard InChI is InChI=1S/C16H16FN5O2S2/c1-3-8-25-16-20-19-15(26-16)18-14(23)13-12(24-2)9-22(21-13)11-6-4-10(17)5-7-11/h4-7,9H,3,8H2,1-2H3,(H,18,19,23). The molecule has 0 spiro atoms. The normalized spacial score (nSPS) is 10.7. The highest BCUT2D eigenvalue weighted by atomic mass is 32.2. The first-order valence-corrected chi connectivity index (χ1v) is 9.58. The van der Waals surface area contributed by atoms with Gasteiger partial charge in [-0.2, -0.15) is 5.10 Å². The number of methoxy groups -OCH3 is 1. The fourth-order valence-corrected chi connectivity index (χ4v) is 3.73. The number of hydrogen-bond donors (Lipinski definition) is 1. The van der Waals surface area contributed by atoms with Crippen molar-refractivity contribution >= 4 is 34.1 Å². The van der Waals surface area contributed by atoms with Crippen LogP contribution in [0.25, 0.3) is 5.69 Å². The van der Waals surface area contributed by atoms with Gasteiger partial charge in [0, 0.05) is 5.75 Å². The van der Waals surface area contributed by atoms with Gasteiger partial charge in [0.15, 0.2) is 15.8 Å². The van der Waals surface area contributed by atoms with Crippen LogP contribution in [-0.4, -0.2) is 38.7 Å². The summed E-state index contributed by atoms with van der Waals surface area (Å²) in [5.41, 5.74) is 0.715. The number of benzene rings is 1. The Kier molecular flexibility index (Phi) is 5.84. The van der Waals surface area contributed by atoms with Gasteiger partial charge in [-0.1, -0.05) is 30.0 Å². The zero-order chi connectivity index (χ0) is 18.5. The molecule has 0 atom stereocenters. The van der Waals surface area contributed by atoms with Crippen LogP contribution in [0, 0.1) is 5.82 Å². The number of nitrogens with one attached hydrogen (secondary N) is 1. The Morgan fingerprint density at radius 1 is 1.35 bits per heavy atom. The fourth-order valence-electron chi connectivity index (χ4n) is 2.06. The van der Waals surface area contributed by atoms with Crippen LogP contribution < -0.4 is 10.1 Å². The maximum atomic E-state index is 13.1. The fraction of sp³-hybridized carbons (Fsp3) is 0.250. The van der Waals surface area contributed by atoms with Gasteiger partial charge in [-0.25, -0.2) is 9.07 Å². The summed E-state index contributed by atoms with van der Waals surface area (Å²) in [4.78, 5) is 12.5. The van der Waals surface area contributed by atoms with Crippen molar-refractivity contribution in [3.05, 3.63) is 42.0 Å². The van der Waals surface area contributed by atoms with E-state index >= 15 is 0 Å². The molecule has 1 amide bonds. The third kappa shape index (κ3) is 4.20. The average molecular weight is 393 g/mol. The third-order valence-electron chi connectivity index (χ3n) is 3.26. The molecule has 1 N–H and O–H groups in total. The molecule has 10 heteroatoms. The highest BCUT2D eigenvalue weighted by Crippen LogP contribution is 2.27. The molecule has 2 aromatic heterocycles. The van der Waals surface area contributed by atoms with Crippen molar-refractivity contribution in [3.63, 3.8) is 0 Å². The minimum atomic E-state index is -0.453. The lowest BCUT2D eigenvalue weighted by Crippen LogP contribution is -2.14. The molecule has 0 radical (unpaired) electrons. The predicted octanol–water partition coefficient (Wildman–Crippen LogP) is 3.63. The van der Waals surface area contributed by atoms with Gasteiger partial charge in [0.1, 0.15) is 5.82 Å². The van der Waals surface area contributed by atoms with Gasteiger partial charge < -0.3 is 4.74 Å². The van der Waals surface area contributed by atoms with Crippen molar-refractivity contribution in [3.8, 4) is 11.4 Å².